The van der Waals surface area contributed by atoms with Crippen LogP contribution in [0.2, 0.25) is 0 Å². The molecule has 1 unspecified atom stereocenters. The van der Waals surface area contributed by atoms with Crippen molar-refractivity contribution in [1.29, 1.82) is 0 Å². The van der Waals surface area contributed by atoms with Crippen molar-refractivity contribution in [3.63, 3.8) is 0 Å². The fourth-order valence-electron chi connectivity index (χ4n) is 1.78. The molecule has 0 spiro atoms. The Kier molecular flexibility index (Phi) is 2.78. The minimum atomic E-state index is -0.0230. The number of nitrogens with zero attached hydrogens (tertiary/aromatic N) is 2. The molecule has 0 amide bonds. The van der Waals surface area contributed by atoms with Gasteiger partial charge >= 0.3 is 0 Å². The molecule has 0 bridgehead atoms. The van der Waals surface area contributed by atoms with Crippen molar-refractivity contribution in [2.45, 2.75) is 51.5 Å². The smallest absolute Gasteiger partial charge is 0.228 e. The Morgan fingerprint density at radius 3 is 2.80 bits per heavy atom. The van der Waals surface area contributed by atoms with E-state index in [0.717, 1.165) is 24.7 Å². The quantitative estimate of drug-likeness (QED) is 0.805. The van der Waals surface area contributed by atoms with Gasteiger partial charge in [0.1, 0.15) is 0 Å². The lowest BCUT2D eigenvalue weighted by atomic mass is 9.96. The fourth-order valence-corrected chi connectivity index (χ4v) is 1.78. The van der Waals surface area contributed by atoms with E-state index in [2.05, 4.69) is 36.2 Å². The van der Waals surface area contributed by atoms with E-state index in [4.69, 9.17) is 4.52 Å². The van der Waals surface area contributed by atoms with Crippen LogP contribution in [0.3, 0.4) is 0 Å². The molecular weight excluding hydrogens is 190 g/mol. The maximum Gasteiger partial charge on any atom is 0.228 e. The summed E-state index contributed by atoms with van der Waals surface area (Å²) in [6.45, 7) is 7.39. The van der Waals surface area contributed by atoms with Gasteiger partial charge in [0.2, 0.25) is 5.89 Å². The molecule has 1 aliphatic rings. The van der Waals surface area contributed by atoms with Gasteiger partial charge in [0.15, 0.2) is 5.82 Å². The van der Waals surface area contributed by atoms with E-state index >= 15 is 0 Å². The van der Waals surface area contributed by atoms with Gasteiger partial charge in [-0.1, -0.05) is 25.9 Å². The van der Waals surface area contributed by atoms with Gasteiger partial charge < -0.3 is 9.84 Å². The third kappa shape index (κ3) is 2.56. The zero-order valence-corrected chi connectivity index (χ0v) is 9.71. The average Bonchev–Trinajstić information content (AvgIpc) is 2.73. The standard InChI is InChI=1S/C11H19N3O/c1-11(2,3)10-13-9(15-14-10)7-8-5-4-6-12-8/h8,12H,4-7H2,1-3H3. The van der Waals surface area contributed by atoms with Gasteiger partial charge in [0.05, 0.1) is 0 Å². The molecule has 1 aromatic rings. The highest BCUT2D eigenvalue weighted by Gasteiger charge is 2.23. The molecule has 0 aliphatic carbocycles. The van der Waals surface area contributed by atoms with E-state index in [0.29, 0.717) is 6.04 Å². The van der Waals surface area contributed by atoms with Gasteiger partial charge in [-0.15, -0.1) is 0 Å². The second kappa shape index (κ2) is 3.93. The SMILES string of the molecule is CC(C)(C)c1noc(CC2CCCN2)n1. The molecule has 4 heteroatoms. The highest BCUT2D eigenvalue weighted by molar-refractivity contribution is 5.01. The Balaban J connectivity index is 2.00. The maximum atomic E-state index is 5.25. The van der Waals surface area contributed by atoms with Crippen LogP contribution >= 0.6 is 0 Å². The Labute approximate surface area is 90.4 Å². The molecule has 15 heavy (non-hydrogen) atoms. The topological polar surface area (TPSA) is 51.0 Å². The van der Waals surface area contributed by atoms with Crippen molar-refractivity contribution in [3.05, 3.63) is 11.7 Å². The van der Waals surface area contributed by atoms with Gasteiger partial charge in [-0.2, -0.15) is 4.98 Å². The molecule has 1 saturated heterocycles. The van der Waals surface area contributed by atoms with Crippen molar-refractivity contribution >= 4 is 0 Å². The van der Waals surface area contributed by atoms with Crippen LogP contribution in [0.4, 0.5) is 0 Å². The van der Waals surface area contributed by atoms with Crippen LogP contribution in [-0.4, -0.2) is 22.7 Å². The summed E-state index contributed by atoms with van der Waals surface area (Å²) in [5.74, 6) is 1.56. The lowest BCUT2D eigenvalue weighted by Gasteiger charge is -2.11. The molecule has 1 atom stereocenters. The summed E-state index contributed by atoms with van der Waals surface area (Å²) in [5.41, 5.74) is -0.0230. The van der Waals surface area contributed by atoms with Crippen LogP contribution < -0.4 is 5.32 Å². The second-order valence-electron chi connectivity index (χ2n) is 5.26. The van der Waals surface area contributed by atoms with Gasteiger partial charge in [-0.25, -0.2) is 0 Å². The predicted molar refractivity (Wildman–Crippen MR) is 57.7 cm³/mol. The average molecular weight is 209 g/mol. The molecule has 1 aromatic heterocycles. The van der Waals surface area contributed by atoms with Gasteiger partial charge in [0, 0.05) is 17.9 Å². The summed E-state index contributed by atoms with van der Waals surface area (Å²) in [5, 5.41) is 7.44. The third-order valence-electron chi connectivity index (χ3n) is 2.72. The fraction of sp³-hybridized carbons (Fsp3) is 0.818. The van der Waals surface area contributed by atoms with E-state index in [1.54, 1.807) is 0 Å². The lowest BCUT2D eigenvalue weighted by molar-refractivity contribution is 0.352. The minimum Gasteiger partial charge on any atom is -0.339 e. The molecule has 84 valence electrons. The monoisotopic (exact) mass is 209 g/mol. The first-order valence-electron chi connectivity index (χ1n) is 5.62. The number of hydrogen-bond acceptors (Lipinski definition) is 4. The Hall–Kier alpha value is -0.900. The van der Waals surface area contributed by atoms with Crippen molar-refractivity contribution < 1.29 is 4.52 Å². The Morgan fingerprint density at radius 1 is 1.47 bits per heavy atom. The molecular formula is C11H19N3O. The van der Waals surface area contributed by atoms with Crippen LogP contribution in [0.1, 0.15) is 45.3 Å². The second-order valence-corrected chi connectivity index (χ2v) is 5.26. The maximum absolute atomic E-state index is 5.25. The molecule has 0 saturated carbocycles. The number of nitrogens with one attached hydrogen (secondary N) is 1. The first kappa shape index (κ1) is 10.6. The highest BCUT2D eigenvalue weighted by Crippen LogP contribution is 2.19. The molecule has 2 heterocycles. The summed E-state index contributed by atoms with van der Waals surface area (Å²) in [6, 6.07) is 0.526. The zero-order chi connectivity index (χ0) is 10.9. The van der Waals surface area contributed by atoms with Crippen LogP contribution in [0.15, 0.2) is 4.52 Å². The van der Waals surface area contributed by atoms with Crippen LogP contribution in [0, 0.1) is 0 Å². The van der Waals surface area contributed by atoms with Gasteiger partial charge in [-0.3, -0.25) is 0 Å². The zero-order valence-electron chi connectivity index (χ0n) is 9.71. The van der Waals surface area contributed by atoms with Crippen molar-refractivity contribution in [3.8, 4) is 0 Å². The Morgan fingerprint density at radius 2 is 2.27 bits per heavy atom. The molecule has 0 aromatic carbocycles. The van der Waals surface area contributed by atoms with Crippen molar-refractivity contribution in [2.24, 2.45) is 0 Å². The predicted octanol–water partition coefficient (Wildman–Crippen LogP) is 1.66. The molecule has 4 nitrogen and oxygen atoms in total. The molecule has 1 aliphatic heterocycles. The van der Waals surface area contributed by atoms with E-state index in [1.807, 2.05) is 0 Å². The summed E-state index contributed by atoms with van der Waals surface area (Å²) < 4.78 is 5.25. The third-order valence-corrected chi connectivity index (χ3v) is 2.72. The van der Waals surface area contributed by atoms with Gasteiger partial charge in [-0.05, 0) is 19.4 Å². The van der Waals surface area contributed by atoms with Crippen LogP contribution in [0.5, 0.6) is 0 Å². The molecule has 2 rings (SSSR count). The highest BCUT2D eigenvalue weighted by atomic mass is 16.5. The van der Waals surface area contributed by atoms with Crippen molar-refractivity contribution in [2.75, 3.05) is 6.54 Å². The first-order valence-corrected chi connectivity index (χ1v) is 5.62. The Bertz CT molecular complexity index is 321. The van der Waals surface area contributed by atoms with Crippen LogP contribution in [0.25, 0.3) is 0 Å². The van der Waals surface area contributed by atoms with E-state index < -0.39 is 0 Å². The summed E-state index contributed by atoms with van der Waals surface area (Å²) >= 11 is 0. The number of rotatable bonds is 2. The molecule has 1 N–H and O–H groups in total. The van der Waals surface area contributed by atoms with Crippen molar-refractivity contribution in [1.82, 2.24) is 15.5 Å². The lowest BCUT2D eigenvalue weighted by Crippen LogP contribution is -2.23. The number of aromatic nitrogens is 2. The summed E-state index contributed by atoms with van der Waals surface area (Å²) in [4.78, 5) is 4.43. The van der Waals surface area contributed by atoms with E-state index in [-0.39, 0.29) is 5.41 Å². The van der Waals surface area contributed by atoms with Gasteiger partial charge in [0.25, 0.3) is 0 Å². The molecule has 0 radical (unpaired) electrons. The van der Waals surface area contributed by atoms with Crippen LogP contribution in [-0.2, 0) is 11.8 Å². The minimum absolute atomic E-state index is 0.0230. The summed E-state index contributed by atoms with van der Waals surface area (Å²) in [6.07, 6.45) is 3.33. The largest absolute Gasteiger partial charge is 0.339 e. The van der Waals surface area contributed by atoms with E-state index in [9.17, 15) is 0 Å². The van der Waals surface area contributed by atoms with E-state index in [1.165, 1.54) is 12.8 Å². The normalized spacial score (nSPS) is 22.2. The summed E-state index contributed by atoms with van der Waals surface area (Å²) in [7, 11) is 0. The molecule has 1 fully saturated rings. The first-order chi connectivity index (χ1) is 7.05. The number of hydrogen-bond donors (Lipinski definition) is 1.